The molecule has 0 radical (unpaired) electrons. The topological polar surface area (TPSA) is 60.8 Å². The number of hydrogen-bond donors (Lipinski definition) is 2. The Morgan fingerprint density at radius 1 is 1.13 bits per heavy atom. The first kappa shape index (κ1) is 23.6. The maximum Gasteiger partial charge on any atom is 0.416 e. The molecule has 1 aliphatic heterocycles. The fourth-order valence-electron chi connectivity index (χ4n) is 4.07. The Kier molecular flexibility index (Phi) is 7.31. The molecule has 2 N–H and O–H groups in total. The molecule has 0 amide bonds. The monoisotopic (exact) mass is 473 g/mol. The van der Waals surface area contributed by atoms with Crippen molar-refractivity contribution in [3.8, 4) is 0 Å². The highest BCUT2D eigenvalue weighted by Gasteiger charge is 2.32. The predicted octanol–water partition coefficient (Wildman–Crippen LogP) is 5.46. The molecule has 0 spiro atoms. The molecule has 2 aliphatic rings. The van der Waals surface area contributed by atoms with E-state index in [0.717, 1.165) is 31.5 Å². The van der Waals surface area contributed by atoms with E-state index < -0.39 is 17.8 Å². The van der Waals surface area contributed by atoms with Crippen molar-refractivity contribution in [3.05, 3.63) is 74.3 Å². The molecular weight excluding hydrogens is 454 g/mol. The number of hydrogen-bond acceptors (Lipinski definition) is 3. The summed E-state index contributed by atoms with van der Waals surface area (Å²) in [5.74, 6) is 0. The number of alkyl halides is 3. The molecule has 9 heteroatoms. The third-order valence-electron chi connectivity index (χ3n) is 5.38. The summed E-state index contributed by atoms with van der Waals surface area (Å²) in [4.78, 5) is 10.4. The minimum Gasteiger partial charge on any atom is -0.483 e. The van der Waals surface area contributed by atoms with Gasteiger partial charge in [0, 0.05) is 29.7 Å². The van der Waals surface area contributed by atoms with E-state index in [9.17, 15) is 18.3 Å². The number of carbonyl (C=O) groups is 1. The van der Waals surface area contributed by atoms with Crippen LogP contribution < -0.4 is 0 Å². The molecule has 0 saturated carbocycles. The molecule has 1 unspecified atom stereocenters. The van der Waals surface area contributed by atoms with Gasteiger partial charge in [-0.1, -0.05) is 29.3 Å². The summed E-state index contributed by atoms with van der Waals surface area (Å²) in [5, 5.41) is 18.1. The van der Waals surface area contributed by atoms with Crippen molar-refractivity contribution in [3.63, 3.8) is 0 Å². The summed E-state index contributed by atoms with van der Waals surface area (Å²) in [7, 11) is 0. The first-order valence-corrected chi connectivity index (χ1v) is 10.2. The third kappa shape index (κ3) is 5.60. The van der Waals surface area contributed by atoms with Gasteiger partial charge in [-0.25, -0.2) is 0 Å². The first-order chi connectivity index (χ1) is 14.6. The van der Waals surface area contributed by atoms with Crippen LogP contribution in [0.1, 0.15) is 34.8 Å². The minimum atomic E-state index is -4.50. The lowest BCUT2D eigenvalue weighted by Crippen LogP contribution is -2.34. The Labute approximate surface area is 187 Å². The zero-order valence-electron chi connectivity index (χ0n) is 16.3. The maximum atomic E-state index is 13.0. The highest BCUT2D eigenvalue weighted by molar-refractivity contribution is 6.31. The largest absolute Gasteiger partial charge is 0.483 e. The lowest BCUT2D eigenvalue weighted by atomic mass is 9.98. The second kappa shape index (κ2) is 9.61. The fraction of sp³-hybridized carbons (Fsp3) is 0.318. The highest BCUT2D eigenvalue weighted by atomic mass is 35.5. The number of halogens is 5. The molecule has 0 fully saturated rings. The molecule has 166 valence electrons. The molecule has 0 saturated heterocycles. The van der Waals surface area contributed by atoms with Crippen LogP contribution in [0, 0.1) is 0 Å². The van der Waals surface area contributed by atoms with Crippen molar-refractivity contribution < 1.29 is 28.2 Å². The molecular formula is C22H20Cl2F3NO3. The molecule has 1 heterocycles. The SMILES string of the molecule is O=CO.OC(CN1CCC2=C(Cc3ccc(Cl)cc32)C1)c1cc(Cl)cc(C(F)(F)F)c1. The zero-order chi connectivity index (χ0) is 22.8. The van der Waals surface area contributed by atoms with Crippen LogP contribution in [0.25, 0.3) is 5.57 Å². The molecule has 0 bridgehead atoms. The number of aliphatic hydroxyl groups is 1. The average molecular weight is 474 g/mol. The van der Waals surface area contributed by atoms with E-state index in [1.165, 1.54) is 28.3 Å². The summed E-state index contributed by atoms with van der Waals surface area (Å²) in [5.41, 5.74) is 4.39. The first-order valence-electron chi connectivity index (χ1n) is 9.48. The minimum absolute atomic E-state index is 0.0318. The van der Waals surface area contributed by atoms with Crippen molar-refractivity contribution in [2.24, 2.45) is 0 Å². The summed E-state index contributed by atoms with van der Waals surface area (Å²) in [6.07, 6.45) is -3.86. The molecule has 1 atom stereocenters. The molecule has 4 rings (SSSR count). The van der Waals surface area contributed by atoms with Gasteiger partial charge in [0.05, 0.1) is 11.7 Å². The molecule has 4 nitrogen and oxygen atoms in total. The maximum absolute atomic E-state index is 13.0. The fourth-order valence-corrected chi connectivity index (χ4v) is 4.48. The van der Waals surface area contributed by atoms with Crippen LogP contribution in [0.4, 0.5) is 13.2 Å². The van der Waals surface area contributed by atoms with E-state index in [1.807, 2.05) is 18.2 Å². The van der Waals surface area contributed by atoms with Gasteiger partial charge in [-0.05, 0) is 71.0 Å². The van der Waals surface area contributed by atoms with Gasteiger partial charge in [0.1, 0.15) is 0 Å². The van der Waals surface area contributed by atoms with Crippen molar-refractivity contribution in [2.45, 2.75) is 25.1 Å². The van der Waals surface area contributed by atoms with Gasteiger partial charge >= 0.3 is 6.18 Å². The lowest BCUT2D eigenvalue weighted by Gasteiger charge is -2.30. The zero-order valence-corrected chi connectivity index (χ0v) is 17.8. The summed E-state index contributed by atoms with van der Waals surface area (Å²) in [6.45, 7) is 1.42. The van der Waals surface area contributed by atoms with Gasteiger partial charge in [0.25, 0.3) is 6.47 Å². The second-order valence-electron chi connectivity index (χ2n) is 7.44. The Bertz CT molecular complexity index is 1010. The Morgan fingerprint density at radius 3 is 2.52 bits per heavy atom. The van der Waals surface area contributed by atoms with E-state index >= 15 is 0 Å². The van der Waals surface area contributed by atoms with Crippen molar-refractivity contribution in [2.75, 3.05) is 19.6 Å². The lowest BCUT2D eigenvalue weighted by molar-refractivity contribution is -0.137. The van der Waals surface area contributed by atoms with Crippen LogP contribution in [0.2, 0.25) is 10.0 Å². The molecule has 0 aromatic heterocycles. The standard InChI is InChI=1S/C21H18Cl2F3NO.CH2O2/c22-16-2-1-12-5-14-10-27(4-3-18(14)19(12)9-16)11-20(28)13-6-15(21(24,25)26)8-17(23)7-13;2-1-3/h1-2,6-9,20,28H,3-5,10-11H2;1H,(H,2,3). The Morgan fingerprint density at radius 2 is 1.84 bits per heavy atom. The number of fused-ring (bicyclic) bond motifs is 2. The van der Waals surface area contributed by atoms with Crippen LogP contribution in [0.3, 0.4) is 0 Å². The van der Waals surface area contributed by atoms with Gasteiger partial charge in [-0.15, -0.1) is 0 Å². The van der Waals surface area contributed by atoms with E-state index in [2.05, 4.69) is 4.90 Å². The van der Waals surface area contributed by atoms with Crippen LogP contribution in [-0.2, 0) is 17.4 Å². The average Bonchev–Trinajstić information content (AvgIpc) is 3.04. The van der Waals surface area contributed by atoms with Gasteiger partial charge in [0.15, 0.2) is 0 Å². The molecule has 31 heavy (non-hydrogen) atoms. The number of nitrogens with zero attached hydrogens (tertiary/aromatic N) is 1. The van der Waals surface area contributed by atoms with Gasteiger partial charge < -0.3 is 10.2 Å². The van der Waals surface area contributed by atoms with Gasteiger partial charge in [-0.3, -0.25) is 9.69 Å². The van der Waals surface area contributed by atoms with Crippen molar-refractivity contribution in [1.82, 2.24) is 4.90 Å². The third-order valence-corrected chi connectivity index (χ3v) is 5.84. The van der Waals surface area contributed by atoms with Gasteiger partial charge in [-0.2, -0.15) is 13.2 Å². The van der Waals surface area contributed by atoms with Crippen molar-refractivity contribution in [1.29, 1.82) is 0 Å². The highest BCUT2D eigenvalue weighted by Crippen LogP contribution is 2.40. The number of aliphatic hydroxyl groups excluding tert-OH is 1. The number of benzene rings is 2. The number of rotatable bonds is 3. The van der Waals surface area contributed by atoms with E-state index in [4.69, 9.17) is 33.1 Å². The molecule has 2 aromatic carbocycles. The van der Waals surface area contributed by atoms with E-state index in [0.29, 0.717) is 11.6 Å². The molecule has 2 aromatic rings. The normalized spacial score (nSPS) is 16.8. The van der Waals surface area contributed by atoms with Crippen LogP contribution in [0.15, 0.2) is 42.0 Å². The Hall–Kier alpha value is -2.06. The smallest absolute Gasteiger partial charge is 0.416 e. The second-order valence-corrected chi connectivity index (χ2v) is 8.31. The van der Waals surface area contributed by atoms with Crippen LogP contribution in [-0.4, -0.2) is 41.2 Å². The van der Waals surface area contributed by atoms with Gasteiger partial charge in [0.2, 0.25) is 0 Å². The van der Waals surface area contributed by atoms with Crippen LogP contribution in [0.5, 0.6) is 0 Å². The Balaban J connectivity index is 0.000000858. The predicted molar refractivity (Wildman–Crippen MR) is 113 cm³/mol. The number of carboxylic acid groups (broad SMARTS) is 1. The summed E-state index contributed by atoms with van der Waals surface area (Å²) in [6, 6.07) is 9.16. The summed E-state index contributed by atoms with van der Waals surface area (Å²) >= 11 is 12.0. The van der Waals surface area contributed by atoms with Crippen molar-refractivity contribution >= 4 is 35.2 Å². The number of β-amino-alcohol motifs (C(OH)–C–C–N with tert-alkyl or cyclic N) is 1. The quantitative estimate of drug-likeness (QED) is 0.580. The van der Waals surface area contributed by atoms with E-state index in [1.54, 1.807) is 0 Å². The van der Waals surface area contributed by atoms with E-state index in [-0.39, 0.29) is 23.6 Å². The summed E-state index contributed by atoms with van der Waals surface area (Å²) < 4.78 is 39.0. The molecule has 1 aliphatic carbocycles. The van der Waals surface area contributed by atoms with Crippen LogP contribution >= 0.6 is 23.2 Å².